The molecule has 0 aliphatic heterocycles. The topological polar surface area (TPSA) is 108 Å². The van der Waals surface area contributed by atoms with Gasteiger partial charge in [-0.1, -0.05) is 0 Å². The maximum absolute atomic E-state index is 11.7. The molecular weight excluding hydrogens is 214 g/mol. The highest BCUT2D eigenvalue weighted by Gasteiger charge is 2.22. The van der Waals surface area contributed by atoms with Gasteiger partial charge in [-0.25, -0.2) is 0 Å². The van der Waals surface area contributed by atoms with Gasteiger partial charge in [-0.3, -0.25) is 19.7 Å². The van der Waals surface area contributed by atoms with Crippen LogP contribution < -0.4 is 11.3 Å². The Labute approximate surface area is 90.6 Å². The minimum Gasteiger partial charge on any atom is -0.365 e. The van der Waals surface area contributed by atoms with Crippen LogP contribution in [0.3, 0.4) is 0 Å². The second-order valence-corrected chi connectivity index (χ2v) is 3.23. The monoisotopic (exact) mass is 225 g/mol. The second-order valence-electron chi connectivity index (χ2n) is 3.23. The smallest absolute Gasteiger partial charge is 0.289 e. The van der Waals surface area contributed by atoms with E-state index < -0.39 is 16.4 Å². The largest absolute Gasteiger partial charge is 0.365 e. The molecule has 0 aliphatic rings. The number of carbonyl (C=O) groups is 1. The third-order valence-electron chi connectivity index (χ3n) is 2.30. The summed E-state index contributed by atoms with van der Waals surface area (Å²) in [5, 5.41) is 10.7. The van der Waals surface area contributed by atoms with E-state index in [2.05, 4.69) is 0 Å². The van der Waals surface area contributed by atoms with Gasteiger partial charge in [-0.05, 0) is 13.8 Å². The minimum atomic E-state index is -0.951. The summed E-state index contributed by atoms with van der Waals surface area (Å²) < 4.78 is 1.09. The average molecular weight is 225 g/mol. The molecule has 0 bridgehead atoms. The molecule has 0 unspecified atom stereocenters. The summed E-state index contributed by atoms with van der Waals surface area (Å²) >= 11 is 0. The van der Waals surface area contributed by atoms with Gasteiger partial charge in [-0.2, -0.15) is 0 Å². The molecule has 1 heterocycles. The fraction of sp³-hybridized carbons (Fsp3) is 0.333. The van der Waals surface area contributed by atoms with Crippen molar-refractivity contribution in [2.45, 2.75) is 20.4 Å². The fourth-order valence-corrected chi connectivity index (χ4v) is 1.44. The molecule has 7 heteroatoms. The molecule has 0 radical (unpaired) electrons. The van der Waals surface area contributed by atoms with Gasteiger partial charge in [0.05, 0.1) is 11.1 Å². The third-order valence-corrected chi connectivity index (χ3v) is 2.30. The standard InChI is InChI=1S/C9H11N3O4/c1-3-11-4-6(12(15)16)5(2)7(8(10)13)9(11)14/h4H,3H2,1-2H3,(H2,10,13). The lowest BCUT2D eigenvalue weighted by atomic mass is 10.1. The Balaban J connectivity index is 3.72. The molecule has 1 rings (SSSR count). The predicted molar refractivity (Wildman–Crippen MR) is 56.3 cm³/mol. The first-order valence-electron chi connectivity index (χ1n) is 4.58. The van der Waals surface area contributed by atoms with Gasteiger partial charge in [0, 0.05) is 12.1 Å². The lowest BCUT2D eigenvalue weighted by Gasteiger charge is -2.07. The summed E-state index contributed by atoms with van der Waals surface area (Å²) in [6.45, 7) is 3.21. The number of hydrogen-bond donors (Lipinski definition) is 1. The summed E-state index contributed by atoms with van der Waals surface area (Å²) in [5.41, 5.74) is 3.84. The van der Waals surface area contributed by atoms with E-state index in [0.29, 0.717) is 0 Å². The number of carbonyl (C=O) groups excluding carboxylic acids is 1. The van der Waals surface area contributed by atoms with Gasteiger partial charge in [0.1, 0.15) is 5.56 Å². The van der Waals surface area contributed by atoms with E-state index in [1.54, 1.807) is 6.92 Å². The molecule has 1 aromatic rings. The van der Waals surface area contributed by atoms with Crippen molar-refractivity contribution < 1.29 is 9.72 Å². The number of hydrogen-bond acceptors (Lipinski definition) is 4. The van der Waals surface area contributed by atoms with Crippen LogP contribution in [0.4, 0.5) is 5.69 Å². The lowest BCUT2D eigenvalue weighted by Crippen LogP contribution is -2.31. The van der Waals surface area contributed by atoms with Crippen LogP contribution in [0.2, 0.25) is 0 Å². The average Bonchev–Trinajstić information content (AvgIpc) is 2.16. The summed E-state index contributed by atoms with van der Waals surface area (Å²) in [4.78, 5) is 32.8. The van der Waals surface area contributed by atoms with Gasteiger partial charge in [-0.15, -0.1) is 0 Å². The number of pyridine rings is 1. The SMILES string of the molecule is CCn1cc([N+](=O)[O-])c(C)c(C(N)=O)c1=O. The third kappa shape index (κ3) is 1.79. The summed E-state index contributed by atoms with van der Waals surface area (Å²) in [7, 11) is 0. The Kier molecular flexibility index (Phi) is 3.07. The van der Waals surface area contributed by atoms with Crippen LogP contribution in [0.5, 0.6) is 0 Å². The Bertz CT molecular complexity index is 518. The van der Waals surface area contributed by atoms with E-state index in [4.69, 9.17) is 5.73 Å². The molecule has 0 aromatic carbocycles. The number of aromatic nitrogens is 1. The molecule has 16 heavy (non-hydrogen) atoms. The molecule has 86 valence electrons. The molecule has 0 saturated heterocycles. The highest BCUT2D eigenvalue weighted by atomic mass is 16.6. The van der Waals surface area contributed by atoms with Crippen LogP contribution in [0.1, 0.15) is 22.8 Å². The van der Waals surface area contributed by atoms with Gasteiger partial charge in [0.25, 0.3) is 17.2 Å². The Morgan fingerprint density at radius 1 is 1.62 bits per heavy atom. The molecule has 0 fully saturated rings. The summed E-state index contributed by atoms with van der Waals surface area (Å²) in [6.07, 6.45) is 1.12. The first-order chi connectivity index (χ1) is 7.40. The zero-order valence-electron chi connectivity index (χ0n) is 8.89. The Hall–Kier alpha value is -2.18. The second kappa shape index (κ2) is 4.13. The number of amides is 1. The van der Waals surface area contributed by atoms with Crippen LogP contribution in [-0.2, 0) is 6.54 Å². The molecule has 0 atom stereocenters. The van der Waals surface area contributed by atoms with Gasteiger partial charge < -0.3 is 10.3 Å². The normalized spacial score (nSPS) is 10.1. The minimum absolute atomic E-state index is 0.00667. The molecule has 2 N–H and O–H groups in total. The van der Waals surface area contributed by atoms with Crippen LogP contribution in [0, 0.1) is 17.0 Å². The lowest BCUT2D eigenvalue weighted by molar-refractivity contribution is -0.386. The first kappa shape index (κ1) is 11.9. The van der Waals surface area contributed by atoms with Gasteiger partial charge in [0.15, 0.2) is 0 Å². The van der Waals surface area contributed by atoms with E-state index in [1.165, 1.54) is 6.92 Å². The predicted octanol–water partition coefficient (Wildman–Crippen LogP) is 0.184. The number of nitrogens with zero attached hydrogens (tertiary/aromatic N) is 2. The van der Waals surface area contributed by atoms with E-state index in [9.17, 15) is 19.7 Å². The van der Waals surface area contributed by atoms with Crippen molar-refractivity contribution in [2.24, 2.45) is 5.73 Å². The van der Waals surface area contributed by atoms with Crippen molar-refractivity contribution in [3.05, 3.63) is 37.8 Å². The highest BCUT2D eigenvalue weighted by molar-refractivity contribution is 5.94. The number of nitro groups is 1. The Morgan fingerprint density at radius 3 is 2.56 bits per heavy atom. The van der Waals surface area contributed by atoms with Crippen molar-refractivity contribution in [1.29, 1.82) is 0 Å². The molecule has 0 spiro atoms. The number of aryl methyl sites for hydroxylation is 1. The maximum Gasteiger partial charge on any atom is 0.289 e. The van der Waals surface area contributed by atoms with Crippen LogP contribution in [-0.4, -0.2) is 15.4 Å². The zero-order valence-corrected chi connectivity index (χ0v) is 8.89. The van der Waals surface area contributed by atoms with Gasteiger partial charge >= 0.3 is 0 Å². The van der Waals surface area contributed by atoms with Crippen molar-refractivity contribution in [3.63, 3.8) is 0 Å². The quantitative estimate of drug-likeness (QED) is 0.584. The summed E-state index contributed by atoms with van der Waals surface area (Å²) in [5.74, 6) is -0.951. The van der Waals surface area contributed by atoms with Crippen LogP contribution in [0.15, 0.2) is 11.0 Å². The molecule has 0 saturated carbocycles. The Morgan fingerprint density at radius 2 is 2.19 bits per heavy atom. The first-order valence-corrected chi connectivity index (χ1v) is 4.58. The number of primary amides is 1. The molecule has 0 aliphatic carbocycles. The highest BCUT2D eigenvalue weighted by Crippen LogP contribution is 2.17. The zero-order chi connectivity index (χ0) is 12.5. The molecular formula is C9H11N3O4. The number of nitrogens with two attached hydrogens (primary N) is 1. The van der Waals surface area contributed by atoms with Crippen molar-refractivity contribution in [3.8, 4) is 0 Å². The van der Waals surface area contributed by atoms with E-state index in [1.807, 2.05) is 0 Å². The van der Waals surface area contributed by atoms with E-state index in [-0.39, 0.29) is 23.4 Å². The molecule has 1 aromatic heterocycles. The van der Waals surface area contributed by atoms with Crippen molar-refractivity contribution in [2.75, 3.05) is 0 Å². The summed E-state index contributed by atoms with van der Waals surface area (Å²) in [6, 6.07) is 0. The van der Waals surface area contributed by atoms with Gasteiger partial charge in [0.2, 0.25) is 0 Å². The number of rotatable bonds is 3. The maximum atomic E-state index is 11.7. The van der Waals surface area contributed by atoms with Crippen molar-refractivity contribution in [1.82, 2.24) is 4.57 Å². The van der Waals surface area contributed by atoms with Crippen LogP contribution >= 0.6 is 0 Å². The van der Waals surface area contributed by atoms with Crippen LogP contribution in [0.25, 0.3) is 0 Å². The molecule has 1 amide bonds. The van der Waals surface area contributed by atoms with E-state index in [0.717, 1.165) is 10.8 Å². The van der Waals surface area contributed by atoms with Crippen molar-refractivity contribution >= 4 is 11.6 Å². The fourth-order valence-electron chi connectivity index (χ4n) is 1.44. The van der Waals surface area contributed by atoms with E-state index >= 15 is 0 Å². The molecule has 7 nitrogen and oxygen atoms in total.